The van der Waals surface area contributed by atoms with E-state index in [9.17, 15) is 13.2 Å². The van der Waals surface area contributed by atoms with Crippen LogP contribution in [0, 0.1) is 0 Å². The van der Waals surface area contributed by atoms with Crippen molar-refractivity contribution in [1.29, 1.82) is 0 Å². The number of anilines is 1. The Morgan fingerprint density at radius 2 is 1.48 bits per heavy atom. The zero-order chi connectivity index (χ0) is 20.9. The molecule has 0 unspecified atom stereocenters. The van der Waals surface area contributed by atoms with Gasteiger partial charge in [-0.2, -0.15) is 0 Å². The van der Waals surface area contributed by atoms with Gasteiger partial charge in [-0.25, -0.2) is 8.42 Å². The number of hydrogen-bond acceptors (Lipinski definition) is 3. The van der Waals surface area contributed by atoms with Crippen LogP contribution in [0.15, 0.2) is 89.8 Å². The molecule has 0 aliphatic rings. The van der Waals surface area contributed by atoms with Crippen molar-refractivity contribution in [2.24, 2.45) is 0 Å². The maximum atomic E-state index is 13.0. The maximum Gasteiger partial charge on any atom is 0.264 e. The smallest absolute Gasteiger partial charge is 0.264 e. The highest BCUT2D eigenvalue weighted by Crippen LogP contribution is 2.23. The molecule has 0 fully saturated rings. The van der Waals surface area contributed by atoms with E-state index in [0.29, 0.717) is 24.3 Å². The van der Waals surface area contributed by atoms with Crippen molar-refractivity contribution < 1.29 is 13.2 Å². The first-order valence-corrected chi connectivity index (χ1v) is 10.8. The average molecular weight is 409 g/mol. The molecular weight excluding hydrogens is 384 g/mol. The fourth-order valence-corrected chi connectivity index (χ4v) is 4.25. The van der Waals surface area contributed by atoms with Gasteiger partial charge in [-0.3, -0.25) is 9.10 Å². The summed E-state index contributed by atoms with van der Waals surface area (Å²) in [6.45, 7) is 2.98. The summed E-state index contributed by atoms with van der Waals surface area (Å²) < 4.78 is 27.0. The quantitative estimate of drug-likeness (QED) is 0.589. The number of carbonyl (C=O) groups is 1. The number of amides is 1. The molecule has 0 heterocycles. The lowest BCUT2D eigenvalue weighted by atomic mass is 10.1. The lowest BCUT2D eigenvalue weighted by Gasteiger charge is -2.23. The second-order valence-corrected chi connectivity index (χ2v) is 8.61. The van der Waals surface area contributed by atoms with Crippen LogP contribution in [0.25, 0.3) is 0 Å². The van der Waals surface area contributed by atoms with Gasteiger partial charge in [0.1, 0.15) is 0 Å². The summed E-state index contributed by atoms with van der Waals surface area (Å²) in [5, 5.41) is 0. The van der Waals surface area contributed by atoms with E-state index in [1.54, 1.807) is 59.5 Å². The molecule has 3 aromatic carbocycles. The van der Waals surface area contributed by atoms with Crippen LogP contribution in [0.4, 0.5) is 5.69 Å². The third-order valence-electron chi connectivity index (χ3n) is 4.74. The van der Waals surface area contributed by atoms with E-state index in [1.807, 2.05) is 37.3 Å². The summed E-state index contributed by atoms with van der Waals surface area (Å²) in [7, 11) is -2.21. The fourth-order valence-electron chi connectivity index (χ4n) is 3.04. The largest absolute Gasteiger partial charge is 0.335 e. The van der Waals surface area contributed by atoms with Crippen LogP contribution in [0.1, 0.15) is 22.8 Å². The first-order chi connectivity index (χ1) is 13.9. The Hall–Kier alpha value is -3.12. The minimum atomic E-state index is -3.70. The van der Waals surface area contributed by atoms with Gasteiger partial charge in [0.15, 0.2) is 0 Å². The summed E-state index contributed by atoms with van der Waals surface area (Å²) >= 11 is 0. The molecule has 0 N–H and O–H groups in total. The molecular formula is C23H24N2O3S. The Morgan fingerprint density at radius 1 is 0.862 bits per heavy atom. The fraction of sp³-hybridized carbons (Fsp3) is 0.174. The first kappa shape index (κ1) is 20.6. The normalized spacial score (nSPS) is 11.1. The van der Waals surface area contributed by atoms with Crippen molar-refractivity contribution in [3.63, 3.8) is 0 Å². The molecule has 0 saturated carbocycles. The molecule has 0 atom stereocenters. The summed E-state index contributed by atoms with van der Waals surface area (Å²) in [5.74, 6) is -0.135. The lowest BCUT2D eigenvalue weighted by molar-refractivity contribution is 0.0752. The van der Waals surface area contributed by atoms with Crippen LogP contribution in [0.3, 0.4) is 0 Å². The van der Waals surface area contributed by atoms with Crippen molar-refractivity contribution in [1.82, 2.24) is 4.90 Å². The number of sulfonamides is 1. The van der Waals surface area contributed by atoms with Gasteiger partial charge in [-0.05, 0) is 42.8 Å². The molecule has 3 aromatic rings. The van der Waals surface area contributed by atoms with Crippen LogP contribution in [-0.4, -0.2) is 32.8 Å². The number of nitrogens with zero attached hydrogens (tertiary/aromatic N) is 2. The van der Waals surface area contributed by atoms with E-state index in [4.69, 9.17) is 0 Å². The molecule has 0 aromatic heterocycles. The van der Waals surface area contributed by atoms with Crippen molar-refractivity contribution in [2.75, 3.05) is 17.9 Å². The van der Waals surface area contributed by atoms with E-state index < -0.39 is 10.0 Å². The zero-order valence-corrected chi connectivity index (χ0v) is 17.3. The molecule has 1 amide bonds. The van der Waals surface area contributed by atoms with Crippen molar-refractivity contribution in [3.05, 3.63) is 96.1 Å². The molecule has 0 saturated heterocycles. The summed E-state index contributed by atoms with van der Waals surface area (Å²) in [6, 6.07) is 24.7. The average Bonchev–Trinajstić information content (AvgIpc) is 2.77. The molecule has 0 aliphatic carbocycles. The number of benzene rings is 3. The molecule has 29 heavy (non-hydrogen) atoms. The van der Waals surface area contributed by atoms with Gasteiger partial charge in [-0.15, -0.1) is 0 Å². The number of carbonyl (C=O) groups excluding carboxylic acids is 1. The predicted octanol–water partition coefficient (Wildman–Crippen LogP) is 4.17. The Kier molecular flexibility index (Phi) is 6.34. The minimum Gasteiger partial charge on any atom is -0.335 e. The van der Waals surface area contributed by atoms with Gasteiger partial charge in [-0.1, -0.05) is 54.6 Å². The highest BCUT2D eigenvalue weighted by molar-refractivity contribution is 7.92. The van der Waals surface area contributed by atoms with E-state index in [0.717, 1.165) is 5.56 Å². The highest BCUT2D eigenvalue weighted by Gasteiger charge is 2.22. The van der Waals surface area contributed by atoms with Gasteiger partial charge < -0.3 is 4.90 Å². The first-order valence-electron chi connectivity index (χ1n) is 9.40. The maximum absolute atomic E-state index is 13.0. The number of hydrogen-bond donors (Lipinski definition) is 0. The van der Waals surface area contributed by atoms with Gasteiger partial charge in [0.25, 0.3) is 15.9 Å². The monoisotopic (exact) mass is 408 g/mol. The second-order valence-electron chi connectivity index (χ2n) is 6.64. The Labute approximate surface area is 172 Å². The van der Waals surface area contributed by atoms with E-state index in [1.165, 1.54) is 11.4 Å². The standard InChI is InChI=1S/C23H24N2O3S/c1-3-25(18-19-11-6-4-7-12-19)23(26)20-13-10-14-21(17-20)24(2)29(27,28)22-15-8-5-9-16-22/h4-17H,3,18H2,1-2H3. The van der Waals surface area contributed by atoms with Gasteiger partial charge in [0, 0.05) is 25.7 Å². The topological polar surface area (TPSA) is 57.7 Å². The zero-order valence-electron chi connectivity index (χ0n) is 16.5. The van der Waals surface area contributed by atoms with Crippen molar-refractivity contribution >= 4 is 21.6 Å². The van der Waals surface area contributed by atoms with Gasteiger partial charge in [0.05, 0.1) is 10.6 Å². The minimum absolute atomic E-state index is 0.135. The summed E-state index contributed by atoms with van der Waals surface area (Å²) in [4.78, 5) is 15.0. The summed E-state index contributed by atoms with van der Waals surface area (Å²) in [6.07, 6.45) is 0. The van der Waals surface area contributed by atoms with E-state index in [2.05, 4.69) is 0 Å². The Bertz CT molecular complexity index is 1070. The number of rotatable bonds is 7. The van der Waals surface area contributed by atoms with E-state index in [-0.39, 0.29) is 10.8 Å². The Balaban J connectivity index is 1.85. The highest BCUT2D eigenvalue weighted by atomic mass is 32.2. The molecule has 5 nitrogen and oxygen atoms in total. The third kappa shape index (κ3) is 4.66. The van der Waals surface area contributed by atoms with Gasteiger partial charge >= 0.3 is 0 Å². The van der Waals surface area contributed by atoms with Gasteiger partial charge in [0.2, 0.25) is 0 Å². The molecule has 6 heteroatoms. The summed E-state index contributed by atoms with van der Waals surface area (Å²) in [5.41, 5.74) is 1.94. The lowest BCUT2D eigenvalue weighted by Crippen LogP contribution is -2.31. The van der Waals surface area contributed by atoms with E-state index >= 15 is 0 Å². The Morgan fingerprint density at radius 3 is 2.10 bits per heavy atom. The molecule has 150 valence electrons. The van der Waals surface area contributed by atoms with Crippen molar-refractivity contribution in [2.45, 2.75) is 18.4 Å². The van der Waals surface area contributed by atoms with Crippen LogP contribution in [-0.2, 0) is 16.6 Å². The molecule has 0 radical (unpaired) electrons. The van der Waals surface area contributed by atoms with Crippen molar-refractivity contribution in [3.8, 4) is 0 Å². The van der Waals surface area contributed by atoms with Crippen LogP contribution in [0.5, 0.6) is 0 Å². The molecule has 0 spiro atoms. The predicted molar refractivity (Wildman–Crippen MR) is 115 cm³/mol. The van der Waals surface area contributed by atoms with Crippen LogP contribution in [0.2, 0.25) is 0 Å². The van der Waals surface area contributed by atoms with Crippen LogP contribution < -0.4 is 4.31 Å². The second kappa shape index (κ2) is 8.92. The third-order valence-corrected chi connectivity index (χ3v) is 6.54. The molecule has 3 rings (SSSR count). The molecule has 0 aliphatic heterocycles. The molecule has 0 bridgehead atoms. The van der Waals surface area contributed by atoms with Crippen LogP contribution >= 0.6 is 0 Å². The SMILES string of the molecule is CCN(Cc1ccccc1)C(=O)c1cccc(N(C)S(=O)(=O)c2ccccc2)c1.